The first-order chi connectivity index (χ1) is 15.2. The van der Waals surface area contributed by atoms with Gasteiger partial charge in [0.25, 0.3) is 0 Å². The van der Waals surface area contributed by atoms with Gasteiger partial charge in [0.1, 0.15) is 0 Å². The van der Waals surface area contributed by atoms with E-state index in [1.165, 1.54) is 6.08 Å². The van der Waals surface area contributed by atoms with Gasteiger partial charge >= 0.3 is 17.9 Å². The zero-order valence-electron chi connectivity index (χ0n) is 19.2. The highest BCUT2D eigenvalue weighted by atomic mass is 16.6. The third-order valence-corrected chi connectivity index (χ3v) is 3.97. The highest BCUT2D eigenvalue weighted by Crippen LogP contribution is 2.26. The van der Waals surface area contributed by atoms with Crippen molar-refractivity contribution in [1.82, 2.24) is 0 Å². The summed E-state index contributed by atoms with van der Waals surface area (Å²) in [6.45, 7) is 13.7. The summed E-state index contributed by atoms with van der Waals surface area (Å²) in [5.41, 5.74) is 0.665. The minimum absolute atomic E-state index is 0.206. The van der Waals surface area contributed by atoms with Crippen molar-refractivity contribution in [2.75, 3.05) is 19.8 Å². The van der Waals surface area contributed by atoms with Crippen molar-refractivity contribution >= 4 is 24.0 Å². The summed E-state index contributed by atoms with van der Waals surface area (Å²) in [4.78, 5) is 31.5. The van der Waals surface area contributed by atoms with Gasteiger partial charge in [0.05, 0.1) is 19.8 Å². The van der Waals surface area contributed by atoms with Crippen LogP contribution in [0.2, 0.25) is 0 Å². The molecule has 1 saturated heterocycles. The quantitative estimate of drug-likeness (QED) is 0.243. The number of carbonyl (C=O) groups is 3. The number of ether oxygens (including phenoxy) is 3. The van der Waals surface area contributed by atoms with Gasteiger partial charge in [-0.3, -0.25) is 0 Å². The summed E-state index contributed by atoms with van der Waals surface area (Å²) in [7, 11) is 0. The SMILES string of the molecule is C=C(CC=Cc1ccccc1)C(=O)O.C=CC(=O)OCCCC.CCOC(=O)C1(C)CO1. The number of benzene rings is 1. The first-order valence-corrected chi connectivity index (χ1v) is 10.4. The summed E-state index contributed by atoms with van der Waals surface area (Å²) in [6, 6.07) is 9.73. The van der Waals surface area contributed by atoms with Crippen LogP contribution in [0.5, 0.6) is 0 Å². The van der Waals surface area contributed by atoms with Gasteiger partial charge in [0, 0.05) is 11.6 Å². The van der Waals surface area contributed by atoms with E-state index in [0.717, 1.165) is 18.4 Å². The number of rotatable bonds is 10. The third kappa shape index (κ3) is 13.9. The highest BCUT2D eigenvalue weighted by Gasteiger charge is 2.48. The molecule has 176 valence electrons. The Kier molecular flexibility index (Phi) is 14.9. The van der Waals surface area contributed by atoms with E-state index in [4.69, 9.17) is 14.6 Å². The molecular formula is C25H34O7. The van der Waals surface area contributed by atoms with Crippen LogP contribution in [0.1, 0.15) is 45.6 Å². The number of aliphatic carboxylic acids is 1. The van der Waals surface area contributed by atoms with Gasteiger partial charge < -0.3 is 19.3 Å². The number of carboxylic acids is 1. The molecule has 0 saturated carbocycles. The first kappa shape index (κ1) is 28.8. The number of unbranched alkanes of at least 4 members (excludes halogenated alkanes) is 1. The summed E-state index contributed by atoms with van der Waals surface area (Å²) in [6.07, 6.45) is 7.21. The molecule has 1 unspecified atom stereocenters. The molecule has 0 aliphatic carbocycles. The summed E-state index contributed by atoms with van der Waals surface area (Å²) in [5, 5.41) is 8.55. The third-order valence-electron chi connectivity index (χ3n) is 3.97. The fourth-order valence-corrected chi connectivity index (χ4v) is 1.87. The minimum Gasteiger partial charge on any atom is -0.478 e. The molecule has 0 aromatic heterocycles. The summed E-state index contributed by atoms with van der Waals surface area (Å²) < 4.78 is 14.2. The molecule has 0 spiro atoms. The van der Waals surface area contributed by atoms with Gasteiger partial charge in [0.2, 0.25) is 0 Å². The van der Waals surface area contributed by atoms with Crippen molar-refractivity contribution < 1.29 is 33.7 Å². The number of allylic oxidation sites excluding steroid dienone is 1. The number of esters is 2. The number of epoxide rings is 1. The van der Waals surface area contributed by atoms with E-state index in [0.29, 0.717) is 26.2 Å². The second kappa shape index (κ2) is 16.5. The Morgan fingerprint density at radius 3 is 2.28 bits per heavy atom. The normalized spacial score (nSPS) is 15.8. The average Bonchev–Trinajstić information content (AvgIpc) is 3.54. The van der Waals surface area contributed by atoms with Crippen LogP contribution in [0.15, 0.2) is 61.2 Å². The lowest BCUT2D eigenvalue weighted by Crippen LogP contribution is -2.22. The van der Waals surface area contributed by atoms with Crippen LogP contribution < -0.4 is 0 Å². The van der Waals surface area contributed by atoms with E-state index in [1.807, 2.05) is 43.3 Å². The average molecular weight is 447 g/mol. The van der Waals surface area contributed by atoms with E-state index in [9.17, 15) is 14.4 Å². The Balaban J connectivity index is 0.000000470. The van der Waals surface area contributed by atoms with Crippen molar-refractivity contribution in [3.8, 4) is 0 Å². The van der Waals surface area contributed by atoms with Crippen LogP contribution in [-0.2, 0) is 28.6 Å². The van der Waals surface area contributed by atoms with E-state index in [1.54, 1.807) is 19.9 Å². The van der Waals surface area contributed by atoms with E-state index < -0.39 is 11.6 Å². The van der Waals surface area contributed by atoms with Gasteiger partial charge in [-0.05, 0) is 32.3 Å². The van der Waals surface area contributed by atoms with E-state index in [2.05, 4.69) is 17.9 Å². The number of carboxylic acid groups (broad SMARTS) is 1. The Morgan fingerprint density at radius 1 is 1.19 bits per heavy atom. The molecule has 1 aromatic carbocycles. The molecule has 1 aliphatic heterocycles. The smallest absolute Gasteiger partial charge is 0.340 e. The Hall–Kier alpha value is -3.19. The zero-order chi connectivity index (χ0) is 24.4. The lowest BCUT2D eigenvalue weighted by atomic mass is 10.1. The van der Waals surface area contributed by atoms with Gasteiger partial charge in [-0.1, -0.05) is 69.0 Å². The van der Waals surface area contributed by atoms with Crippen LogP contribution in [0, 0.1) is 0 Å². The van der Waals surface area contributed by atoms with Crippen molar-refractivity contribution in [1.29, 1.82) is 0 Å². The molecule has 0 radical (unpaired) electrons. The van der Waals surface area contributed by atoms with Crippen LogP contribution in [0.25, 0.3) is 6.08 Å². The number of hydrogen-bond acceptors (Lipinski definition) is 6. The molecule has 1 heterocycles. The highest BCUT2D eigenvalue weighted by molar-refractivity contribution is 5.86. The molecule has 1 fully saturated rings. The van der Waals surface area contributed by atoms with E-state index >= 15 is 0 Å². The van der Waals surface area contributed by atoms with Gasteiger partial charge in [-0.2, -0.15) is 0 Å². The topological polar surface area (TPSA) is 102 Å². The Labute approximate surface area is 190 Å². The molecule has 0 bridgehead atoms. The molecular weight excluding hydrogens is 412 g/mol. The number of carbonyl (C=O) groups excluding carboxylic acids is 2. The molecule has 1 N–H and O–H groups in total. The van der Waals surface area contributed by atoms with Crippen molar-refractivity contribution in [3.05, 3.63) is 66.8 Å². The molecule has 1 aromatic rings. The predicted molar refractivity (Wildman–Crippen MR) is 124 cm³/mol. The Morgan fingerprint density at radius 2 is 1.81 bits per heavy atom. The van der Waals surface area contributed by atoms with Crippen molar-refractivity contribution in [2.24, 2.45) is 0 Å². The first-order valence-electron chi connectivity index (χ1n) is 10.4. The minimum atomic E-state index is -0.942. The predicted octanol–water partition coefficient (Wildman–Crippen LogP) is 4.58. The molecule has 32 heavy (non-hydrogen) atoms. The zero-order valence-corrected chi connectivity index (χ0v) is 19.2. The fraction of sp³-hybridized carbons (Fsp3) is 0.400. The van der Waals surface area contributed by atoms with Gasteiger partial charge in [-0.15, -0.1) is 0 Å². The van der Waals surface area contributed by atoms with Gasteiger partial charge in [-0.25, -0.2) is 14.4 Å². The molecule has 2 rings (SSSR count). The maximum atomic E-state index is 10.8. The maximum Gasteiger partial charge on any atom is 0.340 e. The molecule has 7 heteroatoms. The van der Waals surface area contributed by atoms with Crippen LogP contribution >= 0.6 is 0 Å². The van der Waals surface area contributed by atoms with Crippen molar-refractivity contribution in [3.63, 3.8) is 0 Å². The van der Waals surface area contributed by atoms with Crippen LogP contribution in [-0.4, -0.2) is 48.4 Å². The van der Waals surface area contributed by atoms with Crippen molar-refractivity contribution in [2.45, 2.75) is 45.6 Å². The van der Waals surface area contributed by atoms with Crippen LogP contribution in [0.3, 0.4) is 0 Å². The molecule has 1 aliphatic rings. The standard InChI is InChI=1S/C12H12O2.C7H12O2.C6H10O3/c1-10(12(13)14)6-5-9-11-7-3-2-4-8-11;1-3-5-6-9-7(8)4-2;1-3-8-5(7)6(2)4-9-6/h2-5,7-9H,1,6H2,(H,13,14);4H,2-3,5-6H2,1H3;3-4H2,1-2H3. The Bertz CT molecular complexity index is 762. The maximum absolute atomic E-state index is 10.8. The van der Waals surface area contributed by atoms with Gasteiger partial charge in [0.15, 0.2) is 5.60 Å². The second-order valence-corrected chi connectivity index (χ2v) is 6.89. The van der Waals surface area contributed by atoms with Crippen LogP contribution in [0.4, 0.5) is 0 Å². The lowest BCUT2D eigenvalue weighted by molar-refractivity contribution is -0.148. The summed E-state index contributed by atoms with van der Waals surface area (Å²) >= 11 is 0. The molecule has 7 nitrogen and oxygen atoms in total. The summed E-state index contributed by atoms with van der Waals surface area (Å²) in [5.74, 6) is -1.52. The largest absolute Gasteiger partial charge is 0.478 e. The number of hydrogen-bond donors (Lipinski definition) is 1. The molecule has 0 amide bonds. The fourth-order valence-electron chi connectivity index (χ4n) is 1.87. The second-order valence-electron chi connectivity index (χ2n) is 6.89. The molecule has 1 atom stereocenters. The van der Waals surface area contributed by atoms with E-state index in [-0.39, 0.29) is 17.5 Å². The monoisotopic (exact) mass is 446 g/mol. The lowest BCUT2D eigenvalue weighted by Gasteiger charge is -2.02.